The topological polar surface area (TPSA) is 58.2 Å². The van der Waals surface area contributed by atoms with Gasteiger partial charge in [-0.2, -0.15) is 0 Å². The van der Waals surface area contributed by atoms with E-state index < -0.39 is 17.6 Å². The zero-order valence-corrected chi connectivity index (χ0v) is 12.6. The van der Waals surface area contributed by atoms with Gasteiger partial charge in [-0.05, 0) is 30.7 Å². The molecule has 4 nitrogen and oxygen atoms in total. The maximum absolute atomic E-state index is 13.4. The number of amides is 2. The van der Waals surface area contributed by atoms with Crippen molar-refractivity contribution in [2.75, 3.05) is 5.32 Å². The standard InChI is InChI=1S/C16H14ClFN2O2/c1-10-6-7-12(8-13(10)17)20-16(22)15(21)19-9-11-4-2-3-5-14(11)18/h2-8H,9H2,1H3,(H,19,21)(H,20,22). The molecule has 0 aromatic heterocycles. The molecule has 0 unspecified atom stereocenters. The summed E-state index contributed by atoms with van der Waals surface area (Å²) in [6, 6.07) is 11.0. The molecule has 0 saturated carbocycles. The van der Waals surface area contributed by atoms with Gasteiger partial charge in [-0.3, -0.25) is 9.59 Å². The molecule has 0 aliphatic rings. The molecule has 0 aliphatic carbocycles. The number of carbonyl (C=O) groups is 2. The van der Waals surface area contributed by atoms with Crippen molar-refractivity contribution in [3.05, 3.63) is 64.4 Å². The van der Waals surface area contributed by atoms with Crippen LogP contribution in [0.3, 0.4) is 0 Å². The molecule has 0 spiro atoms. The average Bonchev–Trinajstić information content (AvgIpc) is 2.50. The van der Waals surface area contributed by atoms with E-state index in [4.69, 9.17) is 11.6 Å². The minimum absolute atomic E-state index is 0.0619. The number of rotatable bonds is 3. The lowest BCUT2D eigenvalue weighted by Crippen LogP contribution is -2.35. The second-order valence-electron chi connectivity index (χ2n) is 4.69. The van der Waals surface area contributed by atoms with Gasteiger partial charge in [0.1, 0.15) is 5.82 Å². The Bertz CT molecular complexity index is 719. The summed E-state index contributed by atoms with van der Waals surface area (Å²) < 4.78 is 13.4. The van der Waals surface area contributed by atoms with Crippen molar-refractivity contribution in [3.8, 4) is 0 Å². The quantitative estimate of drug-likeness (QED) is 0.854. The Morgan fingerprint density at radius 1 is 1.14 bits per heavy atom. The fourth-order valence-electron chi connectivity index (χ4n) is 1.76. The molecule has 0 radical (unpaired) electrons. The Morgan fingerprint density at radius 2 is 1.86 bits per heavy atom. The Morgan fingerprint density at radius 3 is 2.55 bits per heavy atom. The Hall–Kier alpha value is -2.40. The number of carbonyl (C=O) groups excluding carboxylic acids is 2. The number of nitrogens with one attached hydrogen (secondary N) is 2. The summed E-state index contributed by atoms with van der Waals surface area (Å²) >= 11 is 5.94. The normalized spacial score (nSPS) is 10.1. The van der Waals surface area contributed by atoms with Crippen LogP contribution >= 0.6 is 11.6 Å². The highest BCUT2D eigenvalue weighted by Crippen LogP contribution is 2.19. The van der Waals surface area contributed by atoms with Crippen LogP contribution in [0.25, 0.3) is 0 Å². The summed E-state index contributed by atoms with van der Waals surface area (Å²) in [4.78, 5) is 23.5. The molecule has 0 heterocycles. The maximum Gasteiger partial charge on any atom is 0.313 e. The first kappa shape index (κ1) is 16.0. The molecule has 114 valence electrons. The molecule has 2 aromatic rings. The smallest absolute Gasteiger partial charge is 0.313 e. The van der Waals surface area contributed by atoms with Gasteiger partial charge in [-0.1, -0.05) is 35.9 Å². The van der Waals surface area contributed by atoms with E-state index in [9.17, 15) is 14.0 Å². The molecule has 2 aromatic carbocycles. The van der Waals surface area contributed by atoms with Gasteiger partial charge in [0.2, 0.25) is 0 Å². The van der Waals surface area contributed by atoms with Gasteiger partial charge in [-0.25, -0.2) is 4.39 Å². The molecule has 0 atom stereocenters. The highest BCUT2D eigenvalue weighted by atomic mass is 35.5. The predicted molar refractivity (Wildman–Crippen MR) is 83.1 cm³/mol. The Balaban J connectivity index is 1.93. The van der Waals surface area contributed by atoms with E-state index in [0.29, 0.717) is 16.3 Å². The largest absolute Gasteiger partial charge is 0.344 e. The van der Waals surface area contributed by atoms with Crippen LogP contribution in [0.5, 0.6) is 0 Å². The lowest BCUT2D eigenvalue weighted by molar-refractivity contribution is -0.136. The second kappa shape index (κ2) is 7.04. The molecule has 2 rings (SSSR count). The maximum atomic E-state index is 13.4. The van der Waals surface area contributed by atoms with Crippen LogP contribution in [-0.2, 0) is 16.1 Å². The number of halogens is 2. The Labute approximate surface area is 132 Å². The van der Waals surface area contributed by atoms with Crippen LogP contribution in [0.4, 0.5) is 10.1 Å². The Kier molecular flexibility index (Phi) is 5.12. The summed E-state index contributed by atoms with van der Waals surface area (Å²) in [7, 11) is 0. The minimum atomic E-state index is -0.847. The molecule has 6 heteroatoms. The van der Waals surface area contributed by atoms with Crippen molar-refractivity contribution in [1.82, 2.24) is 5.32 Å². The highest BCUT2D eigenvalue weighted by molar-refractivity contribution is 6.39. The fourth-order valence-corrected chi connectivity index (χ4v) is 1.94. The van der Waals surface area contributed by atoms with Crippen molar-refractivity contribution >= 4 is 29.1 Å². The van der Waals surface area contributed by atoms with Gasteiger partial charge in [0.15, 0.2) is 0 Å². The third-order valence-corrected chi connectivity index (χ3v) is 3.44. The molecule has 0 aliphatic heterocycles. The van der Waals surface area contributed by atoms with E-state index in [0.717, 1.165) is 5.56 Å². The summed E-state index contributed by atoms with van der Waals surface area (Å²) in [6.45, 7) is 1.77. The van der Waals surface area contributed by atoms with Crippen molar-refractivity contribution in [2.45, 2.75) is 13.5 Å². The van der Waals surface area contributed by atoms with E-state index in [1.807, 2.05) is 6.92 Å². The minimum Gasteiger partial charge on any atom is -0.344 e. The van der Waals surface area contributed by atoms with Crippen molar-refractivity contribution in [1.29, 1.82) is 0 Å². The third kappa shape index (κ3) is 4.05. The van der Waals surface area contributed by atoms with Gasteiger partial charge in [0, 0.05) is 22.8 Å². The number of anilines is 1. The van der Waals surface area contributed by atoms with E-state index in [1.54, 1.807) is 30.3 Å². The summed E-state index contributed by atoms with van der Waals surface area (Å²) in [5.74, 6) is -2.12. The van der Waals surface area contributed by atoms with Crippen LogP contribution in [0.2, 0.25) is 5.02 Å². The van der Waals surface area contributed by atoms with Crippen LogP contribution in [0.15, 0.2) is 42.5 Å². The first-order valence-corrected chi connectivity index (χ1v) is 6.94. The monoisotopic (exact) mass is 320 g/mol. The molecule has 2 amide bonds. The van der Waals surface area contributed by atoms with Crippen molar-refractivity contribution < 1.29 is 14.0 Å². The lowest BCUT2D eigenvalue weighted by atomic mass is 10.2. The van der Waals surface area contributed by atoms with E-state index in [-0.39, 0.29) is 6.54 Å². The second-order valence-corrected chi connectivity index (χ2v) is 5.10. The first-order valence-electron chi connectivity index (χ1n) is 6.56. The molecule has 0 fully saturated rings. The zero-order chi connectivity index (χ0) is 16.1. The lowest BCUT2D eigenvalue weighted by Gasteiger charge is -2.08. The molecule has 0 saturated heterocycles. The number of aryl methyl sites for hydroxylation is 1. The molecule has 0 bridgehead atoms. The number of hydrogen-bond donors (Lipinski definition) is 2. The van der Waals surface area contributed by atoms with Crippen LogP contribution in [-0.4, -0.2) is 11.8 Å². The number of hydrogen-bond acceptors (Lipinski definition) is 2. The predicted octanol–water partition coefficient (Wildman–Crippen LogP) is 3.04. The van der Waals surface area contributed by atoms with Crippen LogP contribution < -0.4 is 10.6 Å². The number of benzene rings is 2. The van der Waals surface area contributed by atoms with E-state index in [2.05, 4.69) is 10.6 Å². The summed E-state index contributed by atoms with van der Waals surface area (Å²) in [5.41, 5.74) is 1.59. The van der Waals surface area contributed by atoms with Gasteiger partial charge >= 0.3 is 11.8 Å². The van der Waals surface area contributed by atoms with E-state index in [1.165, 1.54) is 12.1 Å². The van der Waals surface area contributed by atoms with Gasteiger partial charge in [0.25, 0.3) is 0 Å². The molecular formula is C16H14ClFN2O2. The van der Waals surface area contributed by atoms with Gasteiger partial charge in [-0.15, -0.1) is 0 Å². The summed E-state index contributed by atoms with van der Waals surface area (Å²) in [5, 5.41) is 5.28. The van der Waals surface area contributed by atoms with Crippen molar-refractivity contribution in [2.24, 2.45) is 0 Å². The average molecular weight is 321 g/mol. The fraction of sp³-hybridized carbons (Fsp3) is 0.125. The SMILES string of the molecule is Cc1ccc(NC(=O)C(=O)NCc2ccccc2F)cc1Cl. The van der Waals surface area contributed by atoms with Crippen LogP contribution in [0.1, 0.15) is 11.1 Å². The molecular weight excluding hydrogens is 307 g/mol. The van der Waals surface area contributed by atoms with Gasteiger partial charge < -0.3 is 10.6 Å². The first-order chi connectivity index (χ1) is 10.5. The van der Waals surface area contributed by atoms with E-state index >= 15 is 0 Å². The van der Waals surface area contributed by atoms with Gasteiger partial charge in [0.05, 0.1) is 0 Å². The highest BCUT2D eigenvalue weighted by Gasteiger charge is 2.14. The van der Waals surface area contributed by atoms with Crippen LogP contribution in [0, 0.1) is 12.7 Å². The van der Waals surface area contributed by atoms with Crippen molar-refractivity contribution in [3.63, 3.8) is 0 Å². The zero-order valence-electron chi connectivity index (χ0n) is 11.8. The summed E-state index contributed by atoms with van der Waals surface area (Å²) in [6.07, 6.45) is 0. The molecule has 2 N–H and O–H groups in total. The third-order valence-electron chi connectivity index (χ3n) is 3.03. The molecule has 22 heavy (non-hydrogen) atoms.